The maximum absolute atomic E-state index is 11.9. The van der Waals surface area contributed by atoms with E-state index in [1.54, 1.807) is 6.08 Å². The monoisotopic (exact) mass is 381 g/mol. The van der Waals surface area contributed by atoms with Crippen molar-refractivity contribution in [3.63, 3.8) is 0 Å². The van der Waals surface area contributed by atoms with Gasteiger partial charge in [-0.3, -0.25) is 0 Å². The third kappa shape index (κ3) is 4.76. The zero-order valence-electron chi connectivity index (χ0n) is 15.5. The van der Waals surface area contributed by atoms with Gasteiger partial charge in [0.15, 0.2) is 0 Å². The van der Waals surface area contributed by atoms with E-state index in [4.69, 9.17) is 4.74 Å². The molecule has 1 N–H and O–H groups in total. The van der Waals surface area contributed by atoms with E-state index in [2.05, 4.69) is 4.90 Å². The molecule has 0 amide bonds. The maximum atomic E-state index is 11.9. The van der Waals surface area contributed by atoms with Gasteiger partial charge in [0.05, 0.1) is 12.2 Å². The zero-order valence-corrected chi connectivity index (χ0v) is 16.3. The van der Waals surface area contributed by atoms with Gasteiger partial charge in [0, 0.05) is 17.0 Å². The van der Waals surface area contributed by atoms with E-state index < -0.39 is 5.97 Å². The molecule has 0 saturated carbocycles. The van der Waals surface area contributed by atoms with Crippen molar-refractivity contribution in [3.8, 4) is 5.75 Å². The number of benzene rings is 2. The number of aliphatic carboxylic acids is 1. The molecule has 0 radical (unpaired) electrons. The molecule has 3 rings (SSSR count). The quantitative estimate of drug-likeness (QED) is 0.447. The van der Waals surface area contributed by atoms with Crippen LogP contribution < -0.4 is 4.74 Å². The average Bonchev–Trinajstić information content (AvgIpc) is 3.17. The number of hydrogen-bond donors (Lipinski definition) is 1. The number of carbonyl (C=O) groups is 1. The molecule has 0 bridgehead atoms. The lowest BCUT2D eigenvalue weighted by molar-refractivity contribution is -0.130. The lowest BCUT2D eigenvalue weighted by atomic mass is 10.0. The summed E-state index contributed by atoms with van der Waals surface area (Å²) < 4.78 is 6.03. The Balaban J connectivity index is 2.03. The smallest absolute Gasteiger partial charge is 0.337 e. The molecule has 1 heterocycles. The van der Waals surface area contributed by atoms with E-state index >= 15 is 0 Å². The average molecular weight is 381 g/mol. The highest BCUT2D eigenvalue weighted by atomic mass is 32.1. The predicted octanol–water partition coefficient (Wildman–Crippen LogP) is 4.86. The van der Waals surface area contributed by atoms with E-state index in [9.17, 15) is 9.90 Å². The molecule has 2 aromatic carbocycles. The zero-order chi connectivity index (χ0) is 19.2. The number of carboxylic acids is 1. The molecule has 4 nitrogen and oxygen atoms in total. The number of carboxylic acid groups (broad SMARTS) is 1. The van der Waals surface area contributed by atoms with Crippen molar-refractivity contribution in [2.24, 2.45) is 0 Å². The van der Waals surface area contributed by atoms with Crippen LogP contribution in [0.1, 0.15) is 16.9 Å². The highest BCUT2D eigenvalue weighted by Gasteiger charge is 2.15. The molecule has 140 valence electrons. The number of thiophene rings is 1. The van der Waals surface area contributed by atoms with Gasteiger partial charge in [-0.2, -0.15) is 0 Å². The lowest BCUT2D eigenvalue weighted by Crippen LogP contribution is -2.15. The summed E-state index contributed by atoms with van der Waals surface area (Å²) in [4.78, 5) is 14.7. The van der Waals surface area contributed by atoms with Gasteiger partial charge in [0.1, 0.15) is 5.75 Å². The van der Waals surface area contributed by atoms with Crippen molar-refractivity contribution in [2.45, 2.75) is 6.42 Å². The SMILES string of the molecule is CN(C)CCCOc1ccc2ccccc2c1/C=C(/C(=O)O)c1cccs1. The molecule has 0 unspecified atom stereocenters. The summed E-state index contributed by atoms with van der Waals surface area (Å²) in [5, 5.41) is 13.7. The number of nitrogens with zero attached hydrogens (tertiary/aromatic N) is 1. The van der Waals surface area contributed by atoms with Crippen LogP contribution in [-0.2, 0) is 4.79 Å². The molecule has 0 aliphatic carbocycles. The predicted molar refractivity (Wildman–Crippen MR) is 112 cm³/mol. The van der Waals surface area contributed by atoms with Gasteiger partial charge in [-0.15, -0.1) is 11.3 Å². The molecule has 0 spiro atoms. The minimum Gasteiger partial charge on any atom is -0.493 e. The molecular weight excluding hydrogens is 358 g/mol. The van der Waals surface area contributed by atoms with Crippen molar-refractivity contribution in [1.29, 1.82) is 0 Å². The molecule has 27 heavy (non-hydrogen) atoms. The molecule has 0 aliphatic heterocycles. The second-order valence-electron chi connectivity index (χ2n) is 6.54. The van der Waals surface area contributed by atoms with E-state index in [1.165, 1.54) is 11.3 Å². The Bertz CT molecular complexity index is 945. The van der Waals surface area contributed by atoms with Crippen LogP contribution in [-0.4, -0.2) is 43.2 Å². The van der Waals surface area contributed by atoms with Gasteiger partial charge in [0.2, 0.25) is 0 Å². The van der Waals surface area contributed by atoms with Gasteiger partial charge in [-0.25, -0.2) is 4.79 Å². The Labute approximate surface area is 163 Å². The van der Waals surface area contributed by atoms with Crippen LogP contribution in [0.15, 0.2) is 53.9 Å². The third-order valence-electron chi connectivity index (χ3n) is 4.24. The van der Waals surface area contributed by atoms with Gasteiger partial charge < -0.3 is 14.7 Å². The van der Waals surface area contributed by atoms with Crippen LogP contribution in [0, 0.1) is 0 Å². The fourth-order valence-electron chi connectivity index (χ4n) is 2.93. The number of fused-ring (bicyclic) bond motifs is 1. The first-order valence-corrected chi connectivity index (χ1v) is 9.72. The summed E-state index contributed by atoms with van der Waals surface area (Å²) in [6.45, 7) is 1.52. The van der Waals surface area contributed by atoms with E-state index in [0.29, 0.717) is 12.4 Å². The Kier molecular flexibility index (Phi) is 6.27. The van der Waals surface area contributed by atoms with Gasteiger partial charge >= 0.3 is 5.97 Å². The molecule has 1 aromatic heterocycles. The Morgan fingerprint density at radius 1 is 1.15 bits per heavy atom. The van der Waals surface area contributed by atoms with E-state index in [1.807, 2.05) is 68.0 Å². The lowest BCUT2D eigenvalue weighted by Gasteiger charge is -2.14. The topological polar surface area (TPSA) is 49.8 Å². The second-order valence-corrected chi connectivity index (χ2v) is 7.49. The Morgan fingerprint density at radius 2 is 1.96 bits per heavy atom. The molecule has 0 saturated heterocycles. The van der Waals surface area contributed by atoms with Crippen molar-refractivity contribution in [2.75, 3.05) is 27.2 Å². The first-order valence-electron chi connectivity index (χ1n) is 8.84. The number of ether oxygens (including phenoxy) is 1. The van der Waals surface area contributed by atoms with Crippen molar-refractivity contribution < 1.29 is 14.6 Å². The van der Waals surface area contributed by atoms with Crippen LogP contribution >= 0.6 is 11.3 Å². The molecule has 3 aromatic rings. The van der Waals surface area contributed by atoms with Crippen LogP contribution in [0.2, 0.25) is 0 Å². The largest absolute Gasteiger partial charge is 0.493 e. The van der Waals surface area contributed by atoms with Crippen LogP contribution in [0.25, 0.3) is 22.4 Å². The van der Waals surface area contributed by atoms with Crippen LogP contribution in [0.5, 0.6) is 5.75 Å². The summed E-state index contributed by atoms with van der Waals surface area (Å²) in [6.07, 6.45) is 2.64. The molecule has 0 aliphatic rings. The fraction of sp³-hybridized carbons (Fsp3) is 0.227. The standard InChI is InChI=1S/C22H23NO3S/c1-23(2)12-6-13-26-20-11-10-16-7-3-4-8-17(16)18(20)15-19(22(24)25)21-9-5-14-27-21/h3-5,7-11,14-15H,6,12-13H2,1-2H3,(H,24,25)/b19-15+. The van der Waals surface area contributed by atoms with E-state index in [0.717, 1.165) is 34.2 Å². The summed E-state index contributed by atoms with van der Waals surface area (Å²) in [5.74, 6) is -0.230. The van der Waals surface area contributed by atoms with Gasteiger partial charge in [-0.05, 0) is 54.9 Å². The Hall–Kier alpha value is -2.63. The maximum Gasteiger partial charge on any atom is 0.337 e. The van der Waals surface area contributed by atoms with Gasteiger partial charge in [0.25, 0.3) is 0 Å². The molecule has 5 heteroatoms. The third-order valence-corrected chi connectivity index (χ3v) is 5.15. The summed E-state index contributed by atoms with van der Waals surface area (Å²) in [5.41, 5.74) is 1.09. The van der Waals surface area contributed by atoms with E-state index in [-0.39, 0.29) is 5.57 Å². The highest BCUT2D eigenvalue weighted by molar-refractivity contribution is 7.11. The van der Waals surface area contributed by atoms with Crippen molar-refractivity contribution in [3.05, 3.63) is 64.4 Å². The van der Waals surface area contributed by atoms with Crippen molar-refractivity contribution >= 4 is 39.7 Å². The number of rotatable bonds is 8. The molecular formula is C22H23NO3S. The van der Waals surface area contributed by atoms with Crippen LogP contribution in [0.4, 0.5) is 0 Å². The van der Waals surface area contributed by atoms with Gasteiger partial charge in [-0.1, -0.05) is 36.4 Å². The molecule has 0 atom stereocenters. The first kappa shape index (κ1) is 19.1. The van der Waals surface area contributed by atoms with Crippen molar-refractivity contribution in [1.82, 2.24) is 4.90 Å². The first-order chi connectivity index (χ1) is 13.1. The Morgan fingerprint density at radius 3 is 2.67 bits per heavy atom. The summed E-state index contributed by atoms with van der Waals surface area (Å²) in [6, 6.07) is 15.6. The normalized spacial score (nSPS) is 11.9. The minimum atomic E-state index is -0.941. The fourth-order valence-corrected chi connectivity index (χ4v) is 3.66. The minimum absolute atomic E-state index is 0.277. The second kappa shape index (κ2) is 8.84. The highest BCUT2D eigenvalue weighted by Crippen LogP contribution is 2.33. The van der Waals surface area contributed by atoms with Crippen LogP contribution in [0.3, 0.4) is 0 Å². The summed E-state index contributed by atoms with van der Waals surface area (Å²) in [7, 11) is 4.06. The summed E-state index contributed by atoms with van der Waals surface area (Å²) >= 11 is 1.42. The number of hydrogen-bond acceptors (Lipinski definition) is 4. The molecule has 0 fully saturated rings.